The normalized spacial score (nSPS) is 13.3. The number of hydrogen-bond acceptors (Lipinski definition) is 2. The van der Waals surface area contributed by atoms with Gasteiger partial charge in [-0.05, 0) is 28.9 Å². The molecule has 0 aliphatic rings. The topological polar surface area (TPSA) is 69.1 Å². The lowest BCUT2D eigenvalue weighted by Crippen LogP contribution is -2.27. The number of nitrogens with two attached hydrogens (primary N) is 2. The van der Waals surface area contributed by atoms with E-state index in [4.69, 9.17) is 11.5 Å². The summed E-state index contributed by atoms with van der Waals surface area (Å²) in [4.78, 5) is 11.1. The first kappa shape index (κ1) is 15.4. The zero-order valence-electron chi connectivity index (χ0n) is 12.4. The molecule has 0 radical (unpaired) electrons. The molecule has 0 aromatic heterocycles. The van der Waals surface area contributed by atoms with Gasteiger partial charge in [-0.25, -0.2) is 4.39 Å². The monoisotopic (exact) mass is 288 g/mol. The number of hydrogen-bond donors (Lipinski definition) is 2. The second-order valence-corrected chi connectivity index (χ2v) is 6.30. The summed E-state index contributed by atoms with van der Waals surface area (Å²) in [5.41, 5.74) is 12.2. The van der Waals surface area contributed by atoms with Crippen LogP contribution in [0.15, 0.2) is 36.4 Å². The Balaban J connectivity index is 2.34. The summed E-state index contributed by atoms with van der Waals surface area (Å²) < 4.78 is 13.8. The molecular weight excluding hydrogens is 267 g/mol. The smallest absolute Gasteiger partial charge is 0.217 e. The first-order valence-corrected chi connectivity index (χ1v) is 7.01. The molecule has 0 saturated heterocycles. The van der Waals surface area contributed by atoms with Crippen molar-refractivity contribution in [1.29, 1.82) is 0 Å². The highest BCUT2D eigenvalue weighted by molar-refractivity contribution is 5.86. The van der Waals surface area contributed by atoms with E-state index in [9.17, 15) is 9.18 Å². The van der Waals surface area contributed by atoms with Gasteiger partial charge in [0.15, 0.2) is 0 Å². The third-order valence-electron chi connectivity index (χ3n) is 3.73. The molecule has 0 aliphatic carbocycles. The molecular formula is C17H21FN2O. The Morgan fingerprint density at radius 1 is 1.19 bits per heavy atom. The predicted molar refractivity (Wildman–Crippen MR) is 83.0 cm³/mol. The van der Waals surface area contributed by atoms with E-state index in [1.807, 2.05) is 26.0 Å². The fourth-order valence-electron chi connectivity index (χ4n) is 2.86. The molecule has 0 spiro atoms. The Morgan fingerprint density at radius 3 is 2.43 bits per heavy atom. The van der Waals surface area contributed by atoms with E-state index < -0.39 is 0 Å². The maximum Gasteiger partial charge on any atom is 0.217 e. The number of fused-ring (bicyclic) bond motifs is 1. The summed E-state index contributed by atoms with van der Waals surface area (Å²) in [7, 11) is 0. The fraction of sp³-hybridized carbons (Fsp3) is 0.353. The number of halogens is 1. The van der Waals surface area contributed by atoms with Gasteiger partial charge >= 0.3 is 0 Å². The molecule has 1 amide bonds. The van der Waals surface area contributed by atoms with Crippen LogP contribution in [0, 0.1) is 11.2 Å². The third-order valence-corrected chi connectivity index (χ3v) is 3.73. The molecule has 2 rings (SSSR count). The van der Waals surface area contributed by atoms with Gasteiger partial charge in [-0.2, -0.15) is 0 Å². The standard InChI is InChI=1S/C17H21FN2O/c1-17(2,10-16(20)21)9-15(19)13-7-8-14(18)12-6-4-3-5-11(12)13/h3-8,15H,9-10,19H2,1-2H3,(H2,20,21). The molecule has 0 fully saturated rings. The predicted octanol–water partition coefficient (Wildman–Crippen LogP) is 3.27. The van der Waals surface area contributed by atoms with Crippen LogP contribution in [0.1, 0.15) is 38.3 Å². The van der Waals surface area contributed by atoms with Crippen LogP contribution in [-0.4, -0.2) is 5.91 Å². The second-order valence-electron chi connectivity index (χ2n) is 6.30. The van der Waals surface area contributed by atoms with Crippen molar-refractivity contribution in [2.75, 3.05) is 0 Å². The van der Waals surface area contributed by atoms with E-state index in [1.54, 1.807) is 18.2 Å². The summed E-state index contributed by atoms with van der Waals surface area (Å²) in [6.07, 6.45) is 0.880. The van der Waals surface area contributed by atoms with Gasteiger partial charge in [0.25, 0.3) is 0 Å². The van der Waals surface area contributed by atoms with Gasteiger partial charge in [-0.15, -0.1) is 0 Å². The third kappa shape index (κ3) is 3.58. The van der Waals surface area contributed by atoms with Crippen LogP contribution < -0.4 is 11.5 Å². The van der Waals surface area contributed by atoms with Crippen molar-refractivity contribution in [3.05, 3.63) is 47.8 Å². The van der Waals surface area contributed by atoms with Crippen molar-refractivity contribution in [3.8, 4) is 0 Å². The lowest BCUT2D eigenvalue weighted by Gasteiger charge is -2.27. The van der Waals surface area contributed by atoms with Crippen LogP contribution >= 0.6 is 0 Å². The van der Waals surface area contributed by atoms with Gasteiger partial charge in [-0.3, -0.25) is 4.79 Å². The number of benzene rings is 2. The second kappa shape index (κ2) is 5.82. The maximum atomic E-state index is 13.8. The largest absolute Gasteiger partial charge is 0.370 e. The van der Waals surface area contributed by atoms with Gasteiger partial charge in [0.05, 0.1) is 0 Å². The molecule has 112 valence electrons. The molecule has 1 unspecified atom stereocenters. The summed E-state index contributed by atoms with van der Waals surface area (Å²) >= 11 is 0. The van der Waals surface area contributed by atoms with E-state index in [0.29, 0.717) is 11.8 Å². The first-order chi connectivity index (χ1) is 9.80. The Labute approximate surface area is 124 Å². The lowest BCUT2D eigenvalue weighted by atomic mass is 9.80. The Morgan fingerprint density at radius 2 is 1.81 bits per heavy atom. The highest BCUT2D eigenvalue weighted by Gasteiger charge is 2.25. The van der Waals surface area contributed by atoms with Crippen molar-refractivity contribution < 1.29 is 9.18 Å². The van der Waals surface area contributed by atoms with Crippen molar-refractivity contribution in [2.45, 2.75) is 32.7 Å². The number of primary amides is 1. The summed E-state index contributed by atoms with van der Waals surface area (Å²) in [6.45, 7) is 3.92. The maximum absolute atomic E-state index is 13.8. The van der Waals surface area contributed by atoms with E-state index in [2.05, 4.69) is 0 Å². The highest BCUT2D eigenvalue weighted by atomic mass is 19.1. The average molecular weight is 288 g/mol. The van der Waals surface area contributed by atoms with Gasteiger partial charge < -0.3 is 11.5 Å². The van der Waals surface area contributed by atoms with E-state index in [1.165, 1.54) is 6.07 Å². The Bertz CT molecular complexity index is 667. The molecule has 2 aromatic rings. The fourth-order valence-corrected chi connectivity index (χ4v) is 2.86. The minimum absolute atomic E-state index is 0.252. The molecule has 0 heterocycles. The van der Waals surface area contributed by atoms with Crippen molar-refractivity contribution in [1.82, 2.24) is 0 Å². The molecule has 0 bridgehead atoms. The van der Waals surface area contributed by atoms with Crippen LogP contribution in [0.3, 0.4) is 0 Å². The average Bonchev–Trinajstić information content (AvgIpc) is 2.37. The summed E-state index contributed by atoms with van der Waals surface area (Å²) in [6, 6.07) is 10.2. The number of amides is 1. The van der Waals surface area contributed by atoms with Crippen molar-refractivity contribution in [2.24, 2.45) is 16.9 Å². The minimum Gasteiger partial charge on any atom is -0.370 e. The van der Waals surface area contributed by atoms with E-state index >= 15 is 0 Å². The van der Waals surface area contributed by atoms with Crippen molar-refractivity contribution in [3.63, 3.8) is 0 Å². The van der Waals surface area contributed by atoms with E-state index in [0.717, 1.165) is 10.9 Å². The molecule has 3 nitrogen and oxygen atoms in total. The quantitative estimate of drug-likeness (QED) is 0.886. The van der Waals surface area contributed by atoms with Crippen LogP contribution in [0.4, 0.5) is 4.39 Å². The van der Waals surface area contributed by atoms with Crippen LogP contribution in [0.5, 0.6) is 0 Å². The minimum atomic E-state index is -0.337. The van der Waals surface area contributed by atoms with Gasteiger partial charge in [0.1, 0.15) is 5.82 Å². The Kier molecular flexibility index (Phi) is 4.28. The molecule has 1 atom stereocenters. The summed E-state index contributed by atoms with van der Waals surface area (Å²) in [5.74, 6) is -0.589. The van der Waals surface area contributed by atoms with Gasteiger partial charge in [0, 0.05) is 17.8 Å². The number of rotatable bonds is 5. The zero-order chi connectivity index (χ0) is 15.6. The SMILES string of the molecule is CC(C)(CC(N)=O)CC(N)c1ccc(F)c2ccccc12. The first-order valence-electron chi connectivity index (χ1n) is 7.01. The number of carbonyl (C=O) groups is 1. The number of carbonyl (C=O) groups excluding carboxylic acids is 1. The molecule has 0 saturated carbocycles. The van der Waals surface area contributed by atoms with Crippen LogP contribution in [0.2, 0.25) is 0 Å². The van der Waals surface area contributed by atoms with Gasteiger partial charge in [-0.1, -0.05) is 44.2 Å². The molecule has 4 N–H and O–H groups in total. The summed E-state index contributed by atoms with van der Waals surface area (Å²) in [5, 5.41) is 1.39. The molecule has 2 aromatic carbocycles. The van der Waals surface area contributed by atoms with E-state index in [-0.39, 0.29) is 29.6 Å². The molecule has 21 heavy (non-hydrogen) atoms. The van der Waals surface area contributed by atoms with Crippen LogP contribution in [-0.2, 0) is 4.79 Å². The van der Waals surface area contributed by atoms with Gasteiger partial charge in [0.2, 0.25) is 5.91 Å². The Hall–Kier alpha value is -1.94. The zero-order valence-corrected chi connectivity index (χ0v) is 12.4. The van der Waals surface area contributed by atoms with Crippen molar-refractivity contribution >= 4 is 16.7 Å². The molecule has 4 heteroatoms. The van der Waals surface area contributed by atoms with Crippen LogP contribution in [0.25, 0.3) is 10.8 Å². The highest BCUT2D eigenvalue weighted by Crippen LogP contribution is 2.34. The lowest BCUT2D eigenvalue weighted by molar-refractivity contribution is -0.120. The molecule has 0 aliphatic heterocycles.